The van der Waals surface area contributed by atoms with Crippen molar-refractivity contribution in [3.63, 3.8) is 0 Å². The van der Waals surface area contributed by atoms with E-state index in [0.717, 1.165) is 31.2 Å². The fourth-order valence-corrected chi connectivity index (χ4v) is 5.64. The minimum atomic E-state index is -0.333. The van der Waals surface area contributed by atoms with Gasteiger partial charge in [0.15, 0.2) is 0 Å². The Bertz CT molecular complexity index is 656. The van der Waals surface area contributed by atoms with Gasteiger partial charge in [0.1, 0.15) is 12.9 Å². The van der Waals surface area contributed by atoms with E-state index >= 15 is 0 Å². The minimum Gasteiger partial charge on any atom is -0.508 e. The topological polar surface area (TPSA) is 62.0 Å². The monoisotopic (exact) mass is 315 g/mol. The van der Waals surface area contributed by atoms with E-state index in [1.165, 1.54) is 11.3 Å². The van der Waals surface area contributed by atoms with Crippen molar-refractivity contribution < 1.29 is 15.1 Å². The van der Waals surface area contributed by atoms with E-state index in [-0.39, 0.29) is 17.4 Å². The van der Waals surface area contributed by atoms with E-state index in [4.69, 9.17) is 4.84 Å². The van der Waals surface area contributed by atoms with Crippen LogP contribution in [0.4, 0.5) is 0 Å². The van der Waals surface area contributed by atoms with Crippen molar-refractivity contribution in [2.45, 2.75) is 51.0 Å². The van der Waals surface area contributed by atoms with Crippen LogP contribution in [-0.4, -0.2) is 29.1 Å². The lowest BCUT2D eigenvalue weighted by atomic mass is 9.54. The summed E-state index contributed by atoms with van der Waals surface area (Å²) < 4.78 is 0. The van der Waals surface area contributed by atoms with Gasteiger partial charge in [-0.3, -0.25) is 0 Å². The number of aliphatic hydroxyl groups is 1. The Morgan fingerprint density at radius 1 is 1.30 bits per heavy atom. The Labute approximate surface area is 137 Å². The third-order valence-corrected chi connectivity index (χ3v) is 6.67. The number of aromatic hydroxyl groups is 1. The summed E-state index contributed by atoms with van der Waals surface area (Å²) in [6.07, 6.45) is 4.54. The molecule has 4 rings (SSSR count). The highest BCUT2D eigenvalue weighted by molar-refractivity contribution is 5.92. The number of hydrogen-bond acceptors (Lipinski definition) is 4. The number of rotatable bonds is 1. The minimum absolute atomic E-state index is 0.0621. The van der Waals surface area contributed by atoms with Crippen molar-refractivity contribution >= 4 is 5.71 Å². The third-order valence-electron chi connectivity index (χ3n) is 6.67. The Hall–Kier alpha value is -1.55. The zero-order valence-corrected chi connectivity index (χ0v) is 13.8. The van der Waals surface area contributed by atoms with Crippen molar-refractivity contribution in [2.24, 2.45) is 22.4 Å². The fourth-order valence-electron chi connectivity index (χ4n) is 5.64. The van der Waals surface area contributed by atoms with Crippen LogP contribution in [0.25, 0.3) is 0 Å². The normalized spacial score (nSPS) is 40.4. The molecule has 0 unspecified atom stereocenters. The number of phenols is 1. The molecular formula is C19H25NO3. The van der Waals surface area contributed by atoms with Crippen LogP contribution in [0.15, 0.2) is 23.4 Å². The summed E-state index contributed by atoms with van der Waals surface area (Å²) in [7, 11) is 1.62. The summed E-state index contributed by atoms with van der Waals surface area (Å²) in [5.41, 5.74) is 3.68. The maximum Gasteiger partial charge on any atom is 0.115 e. The van der Waals surface area contributed by atoms with Gasteiger partial charge in [0.2, 0.25) is 0 Å². The van der Waals surface area contributed by atoms with Crippen molar-refractivity contribution in [2.75, 3.05) is 7.11 Å². The van der Waals surface area contributed by atoms with Crippen molar-refractivity contribution in [3.05, 3.63) is 29.3 Å². The first-order valence-electron chi connectivity index (χ1n) is 8.65. The maximum absolute atomic E-state index is 10.9. The average molecular weight is 315 g/mol. The maximum atomic E-state index is 10.9. The van der Waals surface area contributed by atoms with Crippen LogP contribution in [0.5, 0.6) is 5.75 Å². The molecule has 4 nitrogen and oxygen atoms in total. The van der Waals surface area contributed by atoms with E-state index in [9.17, 15) is 10.2 Å². The molecule has 3 aliphatic rings. The molecule has 124 valence electrons. The molecule has 4 heteroatoms. The van der Waals surface area contributed by atoms with E-state index in [1.807, 2.05) is 6.07 Å². The van der Waals surface area contributed by atoms with Crippen LogP contribution < -0.4 is 0 Å². The van der Waals surface area contributed by atoms with Gasteiger partial charge in [-0.2, -0.15) is 0 Å². The lowest BCUT2D eigenvalue weighted by Crippen LogP contribution is -2.48. The Morgan fingerprint density at radius 3 is 2.91 bits per heavy atom. The molecule has 1 aromatic carbocycles. The van der Waals surface area contributed by atoms with Crippen molar-refractivity contribution in [3.8, 4) is 5.75 Å². The van der Waals surface area contributed by atoms with Gasteiger partial charge in [-0.05, 0) is 73.1 Å². The van der Waals surface area contributed by atoms with E-state index in [1.54, 1.807) is 13.2 Å². The zero-order valence-electron chi connectivity index (χ0n) is 13.8. The van der Waals surface area contributed by atoms with Gasteiger partial charge in [-0.25, -0.2) is 0 Å². The predicted molar refractivity (Wildman–Crippen MR) is 88.6 cm³/mol. The molecule has 0 saturated heterocycles. The SMILES string of the molecule is CO/N=C1\CC[C@H]2[C@@H]3[C@H](O)Cc4cc(O)ccc4[C@H]3CC[C@]12C. The first kappa shape index (κ1) is 15.0. The van der Waals surface area contributed by atoms with Gasteiger partial charge in [0.05, 0.1) is 11.8 Å². The molecule has 0 radical (unpaired) electrons. The first-order chi connectivity index (χ1) is 11.0. The molecule has 2 N–H and O–H groups in total. The van der Waals surface area contributed by atoms with Crippen LogP contribution in [-0.2, 0) is 11.3 Å². The Kier molecular flexibility index (Phi) is 3.41. The van der Waals surface area contributed by atoms with Gasteiger partial charge in [-0.1, -0.05) is 18.1 Å². The fraction of sp³-hybridized carbons (Fsp3) is 0.632. The number of benzene rings is 1. The molecule has 5 atom stereocenters. The summed E-state index contributed by atoms with van der Waals surface area (Å²) >= 11 is 0. The number of fused-ring (bicyclic) bond motifs is 5. The summed E-state index contributed by atoms with van der Waals surface area (Å²) in [6.45, 7) is 2.30. The second-order valence-corrected chi connectivity index (χ2v) is 7.66. The van der Waals surface area contributed by atoms with E-state index in [2.05, 4.69) is 18.1 Å². The molecule has 3 aliphatic carbocycles. The lowest BCUT2D eigenvalue weighted by Gasteiger charge is -2.50. The molecule has 2 saturated carbocycles. The largest absolute Gasteiger partial charge is 0.508 e. The smallest absolute Gasteiger partial charge is 0.115 e. The molecule has 1 aromatic rings. The van der Waals surface area contributed by atoms with E-state index in [0.29, 0.717) is 24.0 Å². The molecule has 0 bridgehead atoms. The third kappa shape index (κ3) is 2.11. The highest BCUT2D eigenvalue weighted by Crippen LogP contribution is 2.60. The van der Waals surface area contributed by atoms with Gasteiger partial charge in [-0.15, -0.1) is 0 Å². The zero-order chi connectivity index (χ0) is 16.2. The number of phenolic OH excluding ortho intramolecular Hbond substituents is 1. The number of aliphatic hydroxyl groups excluding tert-OH is 1. The Balaban J connectivity index is 1.73. The summed E-state index contributed by atoms with van der Waals surface area (Å²) in [6, 6.07) is 5.68. The van der Waals surface area contributed by atoms with Gasteiger partial charge < -0.3 is 15.1 Å². The van der Waals surface area contributed by atoms with Crippen LogP contribution in [0, 0.1) is 17.3 Å². The molecule has 0 heterocycles. The van der Waals surface area contributed by atoms with Crippen LogP contribution >= 0.6 is 0 Å². The van der Waals surface area contributed by atoms with Crippen molar-refractivity contribution in [1.82, 2.24) is 0 Å². The van der Waals surface area contributed by atoms with Crippen LogP contribution in [0.2, 0.25) is 0 Å². The lowest BCUT2D eigenvalue weighted by molar-refractivity contribution is -0.00990. The molecule has 0 spiro atoms. The summed E-state index contributed by atoms with van der Waals surface area (Å²) in [5.74, 6) is 1.45. The molecule has 0 aliphatic heterocycles. The second kappa shape index (κ2) is 5.23. The standard InChI is InChI=1S/C19H25NO3/c1-19-8-7-14-13-4-3-12(21)9-11(13)10-16(22)18(14)15(19)5-6-17(19)20-23-2/h3-4,9,14-16,18,21-22H,5-8,10H2,1-2H3/b20-17+/t14-,15+,16-,18-,19+/m1/s1. The van der Waals surface area contributed by atoms with Crippen molar-refractivity contribution in [1.29, 1.82) is 0 Å². The van der Waals surface area contributed by atoms with Crippen LogP contribution in [0.1, 0.15) is 49.7 Å². The molecule has 23 heavy (non-hydrogen) atoms. The molecule has 0 aromatic heterocycles. The average Bonchev–Trinajstić information content (AvgIpc) is 2.84. The first-order valence-corrected chi connectivity index (χ1v) is 8.65. The van der Waals surface area contributed by atoms with Gasteiger partial charge in [0, 0.05) is 5.41 Å². The number of oxime groups is 1. The number of hydrogen-bond donors (Lipinski definition) is 2. The summed E-state index contributed by atoms with van der Waals surface area (Å²) in [4.78, 5) is 5.07. The van der Waals surface area contributed by atoms with Gasteiger partial charge >= 0.3 is 0 Å². The summed E-state index contributed by atoms with van der Waals surface area (Å²) in [5, 5.41) is 24.9. The molecular weight excluding hydrogens is 290 g/mol. The second-order valence-electron chi connectivity index (χ2n) is 7.66. The number of nitrogens with zero attached hydrogens (tertiary/aromatic N) is 1. The van der Waals surface area contributed by atoms with E-state index < -0.39 is 0 Å². The molecule has 0 amide bonds. The Morgan fingerprint density at radius 2 is 2.13 bits per heavy atom. The van der Waals surface area contributed by atoms with Gasteiger partial charge in [0.25, 0.3) is 0 Å². The van der Waals surface area contributed by atoms with Crippen LogP contribution in [0.3, 0.4) is 0 Å². The molecule has 2 fully saturated rings. The predicted octanol–water partition coefficient (Wildman–Crippen LogP) is 3.22. The quantitative estimate of drug-likeness (QED) is 0.782. The highest BCUT2D eigenvalue weighted by atomic mass is 16.6. The highest BCUT2D eigenvalue weighted by Gasteiger charge is 2.56.